The lowest BCUT2D eigenvalue weighted by Crippen LogP contribution is -2.16. The third kappa shape index (κ3) is 6.86. The lowest BCUT2D eigenvalue weighted by Gasteiger charge is -2.14. The van der Waals surface area contributed by atoms with Gasteiger partial charge in [-0.25, -0.2) is 0 Å². The third-order valence-corrected chi connectivity index (χ3v) is 5.56. The summed E-state index contributed by atoms with van der Waals surface area (Å²) in [6, 6.07) is 18.7. The van der Waals surface area contributed by atoms with Crippen LogP contribution in [-0.2, 0) is 16.2 Å². The van der Waals surface area contributed by atoms with Crippen LogP contribution < -0.4 is 14.8 Å². The van der Waals surface area contributed by atoms with Crippen LogP contribution in [0.15, 0.2) is 65.8 Å². The van der Waals surface area contributed by atoms with Gasteiger partial charge in [-0.3, -0.25) is 4.79 Å². The molecular formula is C24H22ClIN2O4. The van der Waals surface area contributed by atoms with Crippen molar-refractivity contribution in [3.8, 4) is 11.5 Å². The average molecular weight is 565 g/mol. The Morgan fingerprint density at radius 2 is 1.91 bits per heavy atom. The number of amides is 1. The molecule has 0 atom stereocenters. The second kappa shape index (κ2) is 11.7. The van der Waals surface area contributed by atoms with Crippen LogP contribution in [0.5, 0.6) is 11.5 Å². The maximum Gasteiger partial charge on any atom is 0.265 e. The summed E-state index contributed by atoms with van der Waals surface area (Å²) >= 11 is 8.37. The van der Waals surface area contributed by atoms with Gasteiger partial charge in [-0.15, -0.1) is 0 Å². The van der Waals surface area contributed by atoms with Gasteiger partial charge >= 0.3 is 0 Å². The quantitative estimate of drug-likeness (QED) is 0.202. The highest BCUT2D eigenvalue weighted by molar-refractivity contribution is 14.1. The number of anilines is 1. The average Bonchev–Trinajstić information content (AvgIpc) is 2.78. The number of methoxy groups -OCH3 is 1. The molecular weight excluding hydrogens is 543 g/mol. The van der Waals surface area contributed by atoms with Gasteiger partial charge in [0.05, 0.1) is 16.9 Å². The summed E-state index contributed by atoms with van der Waals surface area (Å²) in [5.74, 6) is 0.882. The summed E-state index contributed by atoms with van der Waals surface area (Å²) in [6.45, 7) is 2.10. The highest BCUT2D eigenvalue weighted by Gasteiger charge is 2.12. The van der Waals surface area contributed by atoms with Gasteiger partial charge in [0.25, 0.3) is 5.91 Å². The van der Waals surface area contributed by atoms with E-state index in [1.807, 2.05) is 61.5 Å². The minimum absolute atomic E-state index is 0.197. The number of carbonyl (C=O) groups excluding carboxylic acids is 1. The van der Waals surface area contributed by atoms with Gasteiger partial charge in [0.2, 0.25) is 0 Å². The van der Waals surface area contributed by atoms with E-state index in [1.165, 1.54) is 6.21 Å². The Hall–Kier alpha value is -2.78. The molecule has 0 saturated carbocycles. The molecule has 6 nitrogen and oxygen atoms in total. The van der Waals surface area contributed by atoms with Gasteiger partial charge in [0.1, 0.15) is 6.61 Å². The molecule has 0 heterocycles. The van der Waals surface area contributed by atoms with Crippen molar-refractivity contribution in [3.05, 3.63) is 85.9 Å². The summed E-state index contributed by atoms with van der Waals surface area (Å²) < 4.78 is 12.3. The number of halogens is 2. The lowest BCUT2D eigenvalue weighted by atomic mass is 10.2. The van der Waals surface area contributed by atoms with E-state index >= 15 is 0 Å². The number of nitrogens with one attached hydrogen (secondary N) is 1. The number of benzene rings is 3. The Morgan fingerprint density at radius 1 is 1.16 bits per heavy atom. The van der Waals surface area contributed by atoms with Crippen LogP contribution >= 0.6 is 34.2 Å². The fourth-order valence-corrected chi connectivity index (χ4v) is 3.72. The predicted octanol–water partition coefficient (Wildman–Crippen LogP) is 5.83. The number of rotatable bonds is 9. The first-order valence-electron chi connectivity index (χ1n) is 9.72. The van der Waals surface area contributed by atoms with Gasteiger partial charge in [-0.1, -0.05) is 52.7 Å². The number of nitrogens with zero attached hydrogens (tertiary/aromatic N) is 1. The topological polar surface area (TPSA) is 69.2 Å². The van der Waals surface area contributed by atoms with E-state index in [1.54, 1.807) is 13.2 Å². The second-order valence-electron chi connectivity index (χ2n) is 6.84. The first kappa shape index (κ1) is 23.9. The lowest BCUT2D eigenvalue weighted by molar-refractivity contribution is -0.120. The molecule has 0 aromatic heterocycles. The van der Waals surface area contributed by atoms with E-state index in [0.29, 0.717) is 28.8 Å². The molecule has 0 saturated heterocycles. The summed E-state index contributed by atoms with van der Waals surface area (Å²) in [5.41, 5.74) is 3.46. The van der Waals surface area contributed by atoms with E-state index in [2.05, 4.69) is 33.1 Å². The van der Waals surface area contributed by atoms with E-state index in [0.717, 1.165) is 20.3 Å². The summed E-state index contributed by atoms with van der Waals surface area (Å²) in [5, 5.41) is 7.28. The monoisotopic (exact) mass is 564 g/mol. The first-order valence-corrected chi connectivity index (χ1v) is 11.2. The zero-order chi connectivity index (χ0) is 22.9. The Kier molecular flexibility index (Phi) is 8.75. The van der Waals surface area contributed by atoms with Crippen molar-refractivity contribution in [2.75, 3.05) is 19.0 Å². The van der Waals surface area contributed by atoms with Crippen molar-refractivity contribution in [1.29, 1.82) is 0 Å². The fraction of sp³-hybridized carbons (Fsp3) is 0.167. The van der Waals surface area contributed by atoms with Crippen molar-refractivity contribution in [2.24, 2.45) is 5.16 Å². The van der Waals surface area contributed by atoms with Crippen LogP contribution in [-0.4, -0.2) is 25.8 Å². The molecule has 32 heavy (non-hydrogen) atoms. The Labute approximate surface area is 205 Å². The smallest absolute Gasteiger partial charge is 0.265 e. The standard InChI is InChI=1S/C24H22ClIN2O4/c1-16-7-9-19(10-8-16)28-23(29)15-32-27-13-17-11-21(26)24(22(12-17)30-2)31-14-18-5-3-4-6-20(18)25/h3-13H,14-15H2,1-2H3,(H,28,29)/b27-13+. The molecule has 3 rings (SSSR count). The zero-order valence-electron chi connectivity index (χ0n) is 17.6. The summed E-state index contributed by atoms with van der Waals surface area (Å²) in [7, 11) is 1.57. The number of hydrogen-bond acceptors (Lipinski definition) is 5. The first-order chi connectivity index (χ1) is 15.5. The van der Waals surface area contributed by atoms with Gasteiger partial charge < -0.3 is 19.6 Å². The zero-order valence-corrected chi connectivity index (χ0v) is 20.5. The van der Waals surface area contributed by atoms with E-state index in [4.69, 9.17) is 25.9 Å². The van der Waals surface area contributed by atoms with Gasteiger partial charge in [-0.05, 0) is 59.8 Å². The molecule has 8 heteroatoms. The SMILES string of the molecule is COc1cc(/C=N/OCC(=O)Nc2ccc(C)cc2)cc(I)c1OCc1ccccc1Cl. The molecule has 0 aliphatic carbocycles. The molecule has 0 bridgehead atoms. The molecule has 3 aromatic carbocycles. The molecule has 3 aromatic rings. The van der Waals surface area contributed by atoms with Crippen LogP contribution in [0.3, 0.4) is 0 Å². The van der Waals surface area contributed by atoms with Crippen molar-refractivity contribution < 1.29 is 19.1 Å². The molecule has 0 spiro atoms. The fourth-order valence-electron chi connectivity index (χ4n) is 2.75. The van der Waals surface area contributed by atoms with E-state index in [9.17, 15) is 4.79 Å². The number of carbonyl (C=O) groups is 1. The predicted molar refractivity (Wildman–Crippen MR) is 135 cm³/mol. The normalized spacial score (nSPS) is 10.8. The van der Waals surface area contributed by atoms with Gasteiger partial charge in [-0.2, -0.15) is 0 Å². The molecule has 0 aliphatic rings. The number of ether oxygens (including phenoxy) is 2. The summed E-state index contributed by atoms with van der Waals surface area (Å²) in [4.78, 5) is 17.1. The highest BCUT2D eigenvalue weighted by atomic mass is 127. The summed E-state index contributed by atoms with van der Waals surface area (Å²) in [6.07, 6.45) is 1.52. The van der Waals surface area contributed by atoms with Crippen molar-refractivity contribution in [3.63, 3.8) is 0 Å². The highest BCUT2D eigenvalue weighted by Crippen LogP contribution is 2.34. The van der Waals surface area contributed by atoms with Gasteiger partial charge in [0.15, 0.2) is 18.1 Å². The number of oxime groups is 1. The maximum absolute atomic E-state index is 12.0. The second-order valence-corrected chi connectivity index (χ2v) is 8.41. The van der Waals surface area contributed by atoms with Gasteiger partial charge in [0, 0.05) is 21.8 Å². The van der Waals surface area contributed by atoms with Crippen LogP contribution in [0, 0.1) is 10.5 Å². The van der Waals surface area contributed by atoms with Crippen LogP contribution in [0.4, 0.5) is 5.69 Å². The van der Waals surface area contributed by atoms with Crippen LogP contribution in [0.1, 0.15) is 16.7 Å². The third-order valence-electron chi connectivity index (χ3n) is 4.39. The largest absolute Gasteiger partial charge is 0.493 e. The van der Waals surface area contributed by atoms with E-state index in [-0.39, 0.29) is 12.5 Å². The molecule has 1 amide bonds. The Balaban J connectivity index is 1.57. The Bertz CT molecular complexity index is 1100. The molecule has 1 N–H and O–H groups in total. The molecule has 0 aliphatic heterocycles. The van der Waals surface area contributed by atoms with Crippen LogP contribution in [0.25, 0.3) is 0 Å². The molecule has 0 fully saturated rings. The molecule has 0 unspecified atom stereocenters. The maximum atomic E-state index is 12.0. The molecule has 0 radical (unpaired) electrons. The van der Waals surface area contributed by atoms with E-state index < -0.39 is 0 Å². The molecule has 166 valence electrons. The Morgan fingerprint density at radius 3 is 2.62 bits per heavy atom. The minimum atomic E-state index is -0.290. The minimum Gasteiger partial charge on any atom is -0.493 e. The number of hydrogen-bond donors (Lipinski definition) is 1. The number of aryl methyl sites for hydroxylation is 1. The van der Waals surface area contributed by atoms with Crippen molar-refractivity contribution >= 4 is 52.0 Å². The van der Waals surface area contributed by atoms with Crippen molar-refractivity contribution in [2.45, 2.75) is 13.5 Å². The van der Waals surface area contributed by atoms with Crippen LogP contribution in [0.2, 0.25) is 5.02 Å². The van der Waals surface area contributed by atoms with Crippen molar-refractivity contribution in [1.82, 2.24) is 0 Å².